The molecule has 1 saturated heterocycles. The molecular formula is C27H32ClN5O. The first-order chi connectivity index (χ1) is 16.6. The summed E-state index contributed by atoms with van der Waals surface area (Å²) < 4.78 is 1.93. The number of aryl methyl sites for hydroxylation is 2. The molecule has 2 aromatic carbocycles. The highest BCUT2D eigenvalue weighted by Gasteiger charge is 2.28. The van der Waals surface area contributed by atoms with Crippen molar-refractivity contribution in [1.82, 2.24) is 14.7 Å². The third kappa shape index (κ3) is 4.84. The van der Waals surface area contributed by atoms with Gasteiger partial charge < -0.3 is 4.90 Å². The van der Waals surface area contributed by atoms with Crippen LogP contribution in [-0.2, 0) is 19.9 Å². The van der Waals surface area contributed by atoms with Crippen molar-refractivity contribution in [3.05, 3.63) is 76.4 Å². The minimum atomic E-state index is 0.0526. The van der Waals surface area contributed by atoms with Crippen LogP contribution in [0.2, 0.25) is 5.02 Å². The zero-order chi connectivity index (χ0) is 23.5. The van der Waals surface area contributed by atoms with Crippen molar-refractivity contribution >= 4 is 29.0 Å². The number of carbonyl (C=O) groups excluding carboxylic acids is 1. The highest BCUT2D eigenvalue weighted by atomic mass is 35.5. The molecule has 7 heteroatoms. The lowest BCUT2D eigenvalue weighted by Gasteiger charge is -2.37. The number of nitrogens with zero attached hydrogens (tertiary/aromatic N) is 5. The van der Waals surface area contributed by atoms with Crippen LogP contribution >= 0.6 is 11.6 Å². The molecule has 6 nitrogen and oxygen atoms in total. The van der Waals surface area contributed by atoms with Crippen molar-refractivity contribution in [3.8, 4) is 0 Å². The molecule has 0 saturated carbocycles. The Bertz CT molecular complexity index is 1120. The van der Waals surface area contributed by atoms with E-state index >= 15 is 0 Å². The topological polar surface area (TPSA) is 44.6 Å². The highest BCUT2D eigenvalue weighted by molar-refractivity contribution is 6.30. The summed E-state index contributed by atoms with van der Waals surface area (Å²) in [6.07, 6.45) is 4.33. The molecule has 0 unspecified atom stereocenters. The van der Waals surface area contributed by atoms with Crippen LogP contribution in [-0.4, -0.2) is 59.9 Å². The number of benzene rings is 2. The van der Waals surface area contributed by atoms with E-state index in [0.29, 0.717) is 6.54 Å². The molecule has 0 spiro atoms. The molecule has 1 aliphatic carbocycles. The number of hydrogen-bond acceptors (Lipinski definition) is 4. The Labute approximate surface area is 206 Å². The average molecular weight is 478 g/mol. The van der Waals surface area contributed by atoms with E-state index < -0.39 is 0 Å². The first-order valence-electron chi connectivity index (χ1n) is 12.2. The second-order valence-corrected chi connectivity index (χ2v) is 9.64. The Morgan fingerprint density at radius 1 is 0.971 bits per heavy atom. The summed E-state index contributed by atoms with van der Waals surface area (Å²) in [7, 11) is 1.98. The van der Waals surface area contributed by atoms with Crippen LogP contribution in [0.1, 0.15) is 34.5 Å². The molecule has 0 atom stereocenters. The van der Waals surface area contributed by atoms with Gasteiger partial charge in [-0.25, -0.2) is 0 Å². The SMILES string of the molecule is Cn1nc2c(c1N(CCN1CCN(c3ccc(Cl)cc3)CC1)C(=O)c1ccccc1)CCCC2. The zero-order valence-electron chi connectivity index (χ0n) is 19.8. The van der Waals surface area contributed by atoms with E-state index in [1.807, 2.05) is 59.1 Å². The Kier molecular flexibility index (Phi) is 6.88. The molecule has 1 fully saturated rings. The summed E-state index contributed by atoms with van der Waals surface area (Å²) in [5, 5.41) is 5.55. The predicted octanol–water partition coefficient (Wildman–Crippen LogP) is 4.42. The molecule has 5 rings (SSSR count). The maximum absolute atomic E-state index is 13.7. The lowest BCUT2D eigenvalue weighted by Crippen LogP contribution is -2.49. The molecular weight excluding hydrogens is 446 g/mol. The number of amides is 1. The second kappa shape index (κ2) is 10.2. The maximum Gasteiger partial charge on any atom is 0.259 e. The fourth-order valence-electron chi connectivity index (χ4n) is 5.17. The number of aromatic nitrogens is 2. The van der Waals surface area contributed by atoms with Gasteiger partial charge in [0.15, 0.2) is 0 Å². The molecule has 0 radical (unpaired) electrons. The van der Waals surface area contributed by atoms with Gasteiger partial charge in [-0.05, 0) is 62.1 Å². The summed E-state index contributed by atoms with van der Waals surface area (Å²) >= 11 is 6.05. The van der Waals surface area contributed by atoms with Gasteiger partial charge in [0.2, 0.25) is 0 Å². The van der Waals surface area contributed by atoms with Crippen molar-refractivity contribution in [3.63, 3.8) is 0 Å². The van der Waals surface area contributed by atoms with E-state index in [2.05, 4.69) is 21.9 Å². The number of carbonyl (C=O) groups is 1. The molecule has 178 valence electrons. The zero-order valence-corrected chi connectivity index (χ0v) is 20.5. The third-order valence-electron chi connectivity index (χ3n) is 7.01. The van der Waals surface area contributed by atoms with Gasteiger partial charge in [0.05, 0.1) is 5.69 Å². The molecule has 34 heavy (non-hydrogen) atoms. The van der Waals surface area contributed by atoms with Gasteiger partial charge in [0, 0.05) is 68.2 Å². The lowest BCUT2D eigenvalue weighted by molar-refractivity contribution is 0.0981. The number of halogens is 1. The summed E-state index contributed by atoms with van der Waals surface area (Å²) in [6.45, 7) is 5.37. The predicted molar refractivity (Wildman–Crippen MR) is 138 cm³/mol. The number of piperazine rings is 1. The van der Waals surface area contributed by atoms with E-state index in [1.165, 1.54) is 17.7 Å². The van der Waals surface area contributed by atoms with Gasteiger partial charge in [-0.2, -0.15) is 5.10 Å². The molecule has 1 amide bonds. The number of fused-ring (bicyclic) bond motifs is 1. The van der Waals surface area contributed by atoms with Crippen LogP contribution in [0.5, 0.6) is 0 Å². The normalized spacial score (nSPS) is 16.4. The Morgan fingerprint density at radius 2 is 1.68 bits per heavy atom. The molecule has 2 heterocycles. The first-order valence-corrected chi connectivity index (χ1v) is 12.6. The highest BCUT2D eigenvalue weighted by Crippen LogP contribution is 2.31. The lowest BCUT2D eigenvalue weighted by atomic mass is 9.97. The first kappa shape index (κ1) is 22.9. The summed E-state index contributed by atoms with van der Waals surface area (Å²) in [5.74, 6) is 1.03. The van der Waals surface area contributed by atoms with Crippen LogP contribution in [0.25, 0.3) is 0 Å². The summed E-state index contributed by atoms with van der Waals surface area (Å²) in [4.78, 5) is 20.5. The second-order valence-electron chi connectivity index (χ2n) is 9.21. The van der Waals surface area contributed by atoms with E-state index in [9.17, 15) is 4.79 Å². The van der Waals surface area contributed by atoms with Gasteiger partial charge in [0.25, 0.3) is 5.91 Å². The Hall–Kier alpha value is -2.83. The van der Waals surface area contributed by atoms with E-state index in [1.54, 1.807) is 0 Å². The van der Waals surface area contributed by atoms with Crippen molar-refractivity contribution in [1.29, 1.82) is 0 Å². The third-order valence-corrected chi connectivity index (χ3v) is 7.26. The van der Waals surface area contributed by atoms with E-state index in [-0.39, 0.29) is 5.91 Å². The largest absolute Gasteiger partial charge is 0.369 e. The molecule has 1 aliphatic heterocycles. The minimum absolute atomic E-state index is 0.0526. The molecule has 3 aromatic rings. The standard InChI is InChI=1S/C27H32ClN5O/c1-30-26(24-9-5-6-10-25(24)29-30)33(27(34)21-7-3-2-4-8-21)20-17-31-15-18-32(19-16-31)23-13-11-22(28)12-14-23/h2-4,7-8,11-14H,5-6,9-10,15-20H2,1H3. The van der Waals surface area contributed by atoms with E-state index in [4.69, 9.17) is 16.7 Å². The van der Waals surface area contributed by atoms with E-state index in [0.717, 1.165) is 74.1 Å². The van der Waals surface area contributed by atoms with Gasteiger partial charge in [-0.15, -0.1) is 0 Å². The monoisotopic (exact) mass is 477 g/mol. The van der Waals surface area contributed by atoms with Crippen LogP contribution in [0, 0.1) is 0 Å². The van der Waals surface area contributed by atoms with Crippen molar-refractivity contribution < 1.29 is 4.79 Å². The smallest absolute Gasteiger partial charge is 0.259 e. The fourth-order valence-corrected chi connectivity index (χ4v) is 5.29. The number of hydrogen-bond donors (Lipinski definition) is 0. The number of anilines is 2. The molecule has 1 aromatic heterocycles. The van der Waals surface area contributed by atoms with Gasteiger partial charge in [-0.3, -0.25) is 19.3 Å². The maximum atomic E-state index is 13.7. The summed E-state index contributed by atoms with van der Waals surface area (Å²) in [5.41, 5.74) is 4.35. The van der Waals surface area contributed by atoms with Gasteiger partial charge in [0.1, 0.15) is 5.82 Å². The average Bonchev–Trinajstić information content (AvgIpc) is 3.21. The fraction of sp³-hybridized carbons (Fsp3) is 0.407. The number of rotatable bonds is 6. The van der Waals surface area contributed by atoms with Crippen LogP contribution in [0.3, 0.4) is 0 Å². The molecule has 0 N–H and O–H groups in total. The molecule has 2 aliphatic rings. The van der Waals surface area contributed by atoms with Crippen LogP contribution in [0.15, 0.2) is 54.6 Å². The van der Waals surface area contributed by atoms with Gasteiger partial charge in [-0.1, -0.05) is 29.8 Å². The van der Waals surface area contributed by atoms with Gasteiger partial charge >= 0.3 is 0 Å². The summed E-state index contributed by atoms with van der Waals surface area (Å²) in [6, 6.07) is 17.7. The van der Waals surface area contributed by atoms with Crippen molar-refractivity contribution in [2.24, 2.45) is 7.05 Å². The quantitative estimate of drug-likeness (QED) is 0.527. The molecule has 0 bridgehead atoms. The Balaban J connectivity index is 1.31. The van der Waals surface area contributed by atoms with Crippen molar-refractivity contribution in [2.75, 3.05) is 49.1 Å². The van der Waals surface area contributed by atoms with Crippen LogP contribution < -0.4 is 9.80 Å². The van der Waals surface area contributed by atoms with Crippen LogP contribution in [0.4, 0.5) is 11.5 Å². The van der Waals surface area contributed by atoms with Crippen molar-refractivity contribution in [2.45, 2.75) is 25.7 Å². The Morgan fingerprint density at radius 3 is 2.41 bits per heavy atom. The minimum Gasteiger partial charge on any atom is -0.369 e.